The summed E-state index contributed by atoms with van der Waals surface area (Å²) in [5, 5.41) is 3.36. The molecule has 23 heavy (non-hydrogen) atoms. The van der Waals surface area contributed by atoms with Crippen LogP contribution in [0.3, 0.4) is 0 Å². The van der Waals surface area contributed by atoms with Crippen molar-refractivity contribution in [1.29, 1.82) is 0 Å². The second kappa shape index (κ2) is 7.21. The number of hydrogen-bond donors (Lipinski definition) is 1. The smallest absolute Gasteiger partial charge is 0.415 e. The van der Waals surface area contributed by atoms with Crippen molar-refractivity contribution in [3.05, 3.63) is 29.3 Å². The predicted octanol–water partition coefficient (Wildman–Crippen LogP) is 3.75. The molecule has 0 radical (unpaired) electrons. The molecule has 1 N–H and O–H groups in total. The van der Waals surface area contributed by atoms with Gasteiger partial charge in [-0.05, 0) is 58.2 Å². The van der Waals surface area contributed by atoms with Gasteiger partial charge in [-0.2, -0.15) is 0 Å². The molecule has 1 aliphatic rings. The van der Waals surface area contributed by atoms with E-state index in [2.05, 4.69) is 5.32 Å². The Balaban J connectivity index is 2.37. The maximum atomic E-state index is 12.7. The van der Waals surface area contributed by atoms with Gasteiger partial charge in [0.15, 0.2) is 0 Å². The number of nitrogens with one attached hydrogen (secondary N) is 1. The number of carbonyl (C=O) groups is 2. The van der Waals surface area contributed by atoms with Crippen LogP contribution in [0.2, 0.25) is 5.02 Å². The van der Waals surface area contributed by atoms with Gasteiger partial charge in [0, 0.05) is 17.3 Å². The lowest BCUT2D eigenvalue weighted by Gasteiger charge is -2.32. The highest BCUT2D eigenvalue weighted by Crippen LogP contribution is 2.26. The van der Waals surface area contributed by atoms with Gasteiger partial charge in [-0.1, -0.05) is 17.7 Å². The summed E-state index contributed by atoms with van der Waals surface area (Å²) in [6.07, 6.45) is 1.82. The van der Waals surface area contributed by atoms with E-state index < -0.39 is 17.7 Å². The highest BCUT2D eigenvalue weighted by Gasteiger charge is 2.34. The Labute approximate surface area is 141 Å². The summed E-state index contributed by atoms with van der Waals surface area (Å²) in [6.45, 7) is 6.03. The van der Waals surface area contributed by atoms with E-state index >= 15 is 0 Å². The second-order valence-electron chi connectivity index (χ2n) is 6.63. The number of benzene rings is 1. The number of anilines is 1. The fourth-order valence-corrected chi connectivity index (χ4v) is 2.70. The first-order valence-corrected chi connectivity index (χ1v) is 8.21. The first-order valence-electron chi connectivity index (χ1n) is 7.83. The molecule has 0 spiro atoms. The first-order chi connectivity index (χ1) is 10.8. The third-order valence-corrected chi connectivity index (χ3v) is 3.73. The Morgan fingerprint density at radius 2 is 2.09 bits per heavy atom. The summed E-state index contributed by atoms with van der Waals surface area (Å²) in [5.74, 6) is -0.159. The summed E-state index contributed by atoms with van der Waals surface area (Å²) in [7, 11) is 0. The van der Waals surface area contributed by atoms with Crippen molar-refractivity contribution in [2.24, 2.45) is 0 Å². The monoisotopic (exact) mass is 338 g/mol. The molecule has 2 rings (SSSR count). The highest BCUT2D eigenvalue weighted by atomic mass is 35.5. The minimum Gasteiger partial charge on any atom is -0.443 e. The minimum absolute atomic E-state index is 0.159. The Hall–Kier alpha value is -1.75. The zero-order valence-electron chi connectivity index (χ0n) is 13.8. The molecular formula is C17H23ClN2O3. The van der Waals surface area contributed by atoms with Crippen LogP contribution in [0.1, 0.15) is 40.0 Å². The Kier molecular flexibility index (Phi) is 5.52. The number of carbonyl (C=O) groups excluding carboxylic acids is 2. The van der Waals surface area contributed by atoms with Crippen LogP contribution in [0.4, 0.5) is 10.5 Å². The molecule has 6 heteroatoms. The molecule has 1 atom stereocenters. The maximum absolute atomic E-state index is 12.7. The summed E-state index contributed by atoms with van der Waals surface area (Å²) in [6, 6.07) is 6.32. The van der Waals surface area contributed by atoms with Gasteiger partial charge < -0.3 is 10.1 Å². The summed E-state index contributed by atoms with van der Waals surface area (Å²) >= 11 is 6.05. The molecule has 0 unspecified atom stereocenters. The average molecular weight is 339 g/mol. The lowest BCUT2D eigenvalue weighted by Crippen LogP contribution is -2.50. The lowest BCUT2D eigenvalue weighted by atomic mass is 10.1. The number of nitrogens with zero attached hydrogens (tertiary/aromatic N) is 1. The standard InChI is InChI=1S/C17H23ClN2O3/c1-17(2,3)23-16(22)20(13-8-6-7-12(18)11-13)14-9-4-5-10-19-15(14)21/h6-8,11,14H,4-5,9-10H2,1-3H3,(H,19,21)/t14-/m0/s1. The zero-order valence-corrected chi connectivity index (χ0v) is 14.5. The van der Waals surface area contributed by atoms with Crippen molar-refractivity contribution >= 4 is 29.3 Å². The predicted molar refractivity (Wildman–Crippen MR) is 90.8 cm³/mol. The normalized spacial score (nSPS) is 18.8. The van der Waals surface area contributed by atoms with Gasteiger partial charge in [-0.25, -0.2) is 4.79 Å². The lowest BCUT2D eigenvalue weighted by molar-refractivity contribution is -0.122. The van der Waals surface area contributed by atoms with E-state index in [9.17, 15) is 9.59 Å². The van der Waals surface area contributed by atoms with Gasteiger partial charge in [0.2, 0.25) is 5.91 Å². The molecule has 126 valence electrons. The maximum Gasteiger partial charge on any atom is 0.415 e. The Bertz CT molecular complexity index is 583. The van der Waals surface area contributed by atoms with E-state index in [1.165, 1.54) is 4.90 Å². The van der Waals surface area contributed by atoms with E-state index in [-0.39, 0.29) is 5.91 Å². The summed E-state index contributed by atoms with van der Waals surface area (Å²) in [5.41, 5.74) is -0.0800. The van der Waals surface area contributed by atoms with Gasteiger partial charge in [0.05, 0.1) is 0 Å². The number of hydrogen-bond acceptors (Lipinski definition) is 3. The molecule has 1 aromatic rings. The number of amides is 2. The van der Waals surface area contributed by atoms with E-state index in [4.69, 9.17) is 16.3 Å². The molecule has 0 saturated carbocycles. The van der Waals surface area contributed by atoms with Crippen molar-refractivity contribution in [2.75, 3.05) is 11.4 Å². The van der Waals surface area contributed by atoms with Crippen LogP contribution in [0.15, 0.2) is 24.3 Å². The van der Waals surface area contributed by atoms with Crippen LogP contribution >= 0.6 is 11.6 Å². The Morgan fingerprint density at radius 3 is 2.74 bits per heavy atom. The number of ether oxygens (including phenoxy) is 1. The molecular weight excluding hydrogens is 316 g/mol. The van der Waals surface area contributed by atoms with E-state index in [1.54, 1.807) is 45.0 Å². The third-order valence-electron chi connectivity index (χ3n) is 3.49. The molecule has 0 aromatic heterocycles. The minimum atomic E-state index is -0.644. The molecule has 1 saturated heterocycles. The van der Waals surface area contributed by atoms with E-state index in [1.807, 2.05) is 0 Å². The van der Waals surface area contributed by atoms with Crippen molar-refractivity contribution in [3.63, 3.8) is 0 Å². The van der Waals surface area contributed by atoms with Gasteiger partial charge in [0.1, 0.15) is 11.6 Å². The van der Waals surface area contributed by atoms with Gasteiger partial charge in [-0.3, -0.25) is 9.69 Å². The van der Waals surface area contributed by atoms with Crippen LogP contribution in [-0.2, 0) is 9.53 Å². The summed E-state index contributed by atoms with van der Waals surface area (Å²) < 4.78 is 5.50. The second-order valence-corrected chi connectivity index (χ2v) is 7.07. The molecule has 1 aromatic carbocycles. The molecule has 0 bridgehead atoms. The fraction of sp³-hybridized carbons (Fsp3) is 0.529. The van der Waals surface area contributed by atoms with Crippen LogP contribution in [0, 0.1) is 0 Å². The van der Waals surface area contributed by atoms with Crippen LogP contribution in [0.25, 0.3) is 0 Å². The van der Waals surface area contributed by atoms with Crippen LogP contribution in [0.5, 0.6) is 0 Å². The molecule has 2 amide bonds. The molecule has 5 nitrogen and oxygen atoms in total. The third kappa shape index (κ3) is 4.86. The van der Waals surface area contributed by atoms with Gasteiger partial charge in [-0.15, -0.1) is 0 Å². The van der Waals surface area contributed by atoms with E-state index in [0.29, 0.717) is 23.7 Å². The van der Waals surface area contributed by atoms with Crippen LogP contribution < -0.4 is 10.2 Å². The van der Waals surface area contributed by atoms with E-state index in [0.717, 1.165) is 12.8 Å². The number of halogens is 1. The average Bonchev–Trinajstić information content (AvgIpc) is 2.63. The molecule has 1 fully saturated rings. The zero-order chi connectivity index (χ0) is 17.0. The van der Waals surface area contributed by atoms with Crippen molar-refractivity contribution in [1.82, 2.24) is 5.32 Å². The van der Waals surface area contributed by atoms with Gasteiger partial charge in [0.25, 0.3) is 0 Å². The SMILES string of the molecule is CC(C)(C)OC(=O)N(c1cccc(Cl)c1)[C@H]1CCCCNC1=O. The largest absolute Gasteiger partial charge is 0.443 e. The molecule has 0 aliphatic carbocycles. The van der Waals surface area contributed by atoms with Crippen LogP contribution in [-0.4, -0.2) is 30.2 Å². The van der Waals surface area contributed by atoms with Crippen molar-refractivity contribution < 1.29 is 14.3 Å². The van der Waals surface area contributed by atoms with Crippen molar-refractivity contribution in [3.8, 4) is 0 Å². The summed E-state index contributed by atoms with van der Waals surface area (Å²) in [4.78, 5) is 26.5. The number of rotatable bonds is 2. The molecule has 1 aliphatic heterocycles. The highest BCUT2D eigenvalue weighted by molar-refractivity contribution is 6.30. The molecule has 1 heterocycles. The quantitative estimate of drug-likeness (QED) is 0.893. The van der Waals surface area contributed by atoms with Crippen molar-refractivity contribution in [2.45, 2.75) is 51.7 Å². The fourth-order valence-electron chi connectivity index (χ4n) is 2.52. The topological polar surface area (TPSA) is 58.6 Å². The first kappa shape index (κ1) is 17.6. The Morgan fingerprint density at radius 1 is 1.35 bits per heavy atom. The van der Waals surface area contributed by atoms with Gasteiger partial charge >= 0.3 is 6.09 Å².